The van der Waals surface area contributed by atoms with Crippen LogP contribution in [-0.4, -0.2) is 11.1 Å². The van der Waals surface area contributed by atoms with Gasteiger partial charge in [0.25, 0.3) is 0 Å². The van der Waals surface area contributed by atoms with Crippen molar-refractivity contribution < 1.29 is 9.90 Å². The maximum atomic E-state index is 11.5. The Kier molecular flexibility index (Phi) is 2.57. The van der Waals surface area contributed by atoms with Gasteiger partial charge in [-0.3, -0.25) is 4.79 Å². The summed E-state index contributed by atoms with van der Waals surface area (Å²) in [7, 11) is 0. The molecule has 0 aromatic heterocycles. The summed E-state index contributed by atoms with van der Waals surface area (Å²) >= 11 is 0. The Bertz CT molecular complexity index is 442. The Morgan fingerprint density at radius 3 is 2.00 bits per heavy atom. The molecule has 1 N–H and O–H groups in total. The lowest BCUT2D eigenvalue weighted by molar-refractivity contribution is -0.141. The van der Waals surface area contributed by atoms with Gasteiger partial charge in [-0.15, -0.1) is 0 Å². The van der Waals surface area contributed by atoms with Crippen molar-refractivity contribution in [3.63, 3.8) is 0 Å². The van der Waals surface area contributed by atoms with Crippen molar-refractivity contribution in [3.05, 3.63) is 35.4 Å². The molecule has 0 saturated heterocycles. The molecule has 1 aliphatic rings. The fourth-order valence-corrected chi connectivity index (χ4v) is 2.75. The summed E-state index contributed by atoms with van der Waals surface area (Å²) in [5, 5.41) is 9.47. The molecule has 0 radical (unpaired) electrons. The number of benzene rings is 1. The van der Waals surface area contributed by atoms with Crippen LogP contribution in [0.3, 0.4) is 0 Å². The molecule has 0 spiro atoms. The summed E-state index contributed by atoms with van der Waals surface area (Å²) in [6.45, 7) is 8.33. The number of carboxylic acids is 1. The molecule has 92 valence electrons. The van der Waals surface area contributed by atoms with Crippen LogP contribution in [-0.2, 0) is 10.2 Å². The highest BCUT2D eigenvalue weighted by molar-refractivity contribution is 5.87. The van der Waals surface area contributed by atoms with E-state index >= 15 is 0 Å². The molecular weight excluding hydrogens is 212 g/mol. The Morgan fingerprint density at radius 1 is 1.24 bits per heavy atom. The van der Waals surface area contributed by atoms with E-state index in [1.807, 2.05) is 26.0 Å². The largest absolute Gasteiger partial charge is 0.481 e. The van der Waals surface area contributed by atoms with Crippen molar-refractivity contribution in [2.75, 3.05) is 0 Å². The van der Waals surface area contributed by atoms with Gasteiger partial charge in [0.1, 0.15) is 0 Å². The molecule has 0 aliphatic heterocycles. The van der Waals surface area contributed by atoms with Gasteiger partial charge in [-0.1, -0.05) is 52.0 Å². The molecule has 1 fully saturated rings. The summed E-state index contributed by atoms with van der Waals surface area (Å²) in [5.41, 5.74) is 1.41. The third-order valence-corrected chi connectivity index (χ3v) is 4.17. The van der Waals surface area contributed by atoms with Crippen LogP contribution in [0.1, 0.15) is 51.2 Å². The number of aliphatic carboxylic acids is 1. The van der Waals surface area contributed by atoms with Crippen LogP contribution in [0.2, 0.25) is 0 Å². The van der Waals surface area contributed by atoms with Gasteiger partial charge >= 0.3 is 5.97 Å². The van der Waals surface area contributed by atoms with Gasteiger partial charge in [0.15, 0.2) is 0 Å². The summed E-state index contributed by atoms with van der Waals surface area (Å²) in [6.07, 6.45) is 0.732. The number of carbonyl (C=O) groups is 1. The van der Waals surface area contributed by atoms with Gasteiger partial charge in [0.2, 0.25) is 0 Å². The SMILES string of the molecule is CC(C)c1ccc(C2(C(=O)O)CC2(C)C)cc1. The first-order valence-corrected chi connectivity index (χ1v) is 6.15. The van der Waals surface area contributed by atoms with E-state index in [-0.39, 0.29) is 5.41 Å². The molecule has 1 aliphatic carbocycles. The second kappa shape index (κ2) is 3.59. The van der Waals surface area contributed by atoms with Crippen LogP contribution in [0, 0.1) is 5.41 Å². The molecule has 1 aromatic carbocycles. The van der Waals surface area contributed by atoms with Crippen LogP contribution in [0.4, 0.5) is 0 Å². The first kappa shape index (κ1) is 12.2. The molecule has 1 saturated carbocycles. The van der Waals surface area contributed by atoms with Crippen molar-refractivity contribution in [3.8, 4) is 0 Å². The first-order chi connectivity index (χ1) is 7.81. The van der Waals surface area contributed by atoms with Gasteiger partial charge in [-0.2, -0.15) is 0 Å². The molecule has 2 nitrogen and oxygen atoms in total. The third kappa shape index (κ3) is 1.67. The van der Waals surface area contributed by atoms with Gasteiger partial charge in [0, 0.05) is 0 Å². The van der Waals surface area contributed by atoms with Crippen LogP contribution in [0.25, 0.3) is 0 Å². The van der Waals surface area contributed by atoms with E-state index < -0.39 is 11.4 Å². The highest BCUT2D eigenvalue weighted by Crippen LogP contribution is 2.64. The minimum absolute atomic E-state index is 0.127. The molecule has 1 unspecified atom stereocenters. The van der Waals surface area contributed by atoms with E-state index in [1.165, 1.54) is 5.56 Å². The van der Waals surface area contributed by atoms with Crippen molar-refractivity contribution in [2.45, 2.75) is 45.4 Å². The Labute approximate surface area is 103 Å². The van der Waals surface area contributed by atoms with E-state index in [1.54, 1.807) is 0 Å². The highest BCUT2D eigenvalue weighted by Gasteiger charge is 2.67. The van der Waals surface area contributed by atoms with Crippen molar-refractivity contribution in [1.29, 1.82) is 0 Å². The quantitative estimate of drug-likeness (QED) is 0.865. The monoisotopic (exact) mass is 232 g/mol. The summed E-state index contributed by atoms with van der Waals surface area (Å²) in [6, 6.07) is 8.08. The Hall–Kier alpha value is -1.31. The molecular formula is C15H20O2. The van der Waals surface area contributed by atoms with E-state index in [0.29, 0.717) is 5.92 Å². The predicted octanol–water partition coefficient (Wildman–Crippen LogP) is 3.56. The second-order valence-electron chi connectivity index (χ2n) is 6.05. The van der Waals surface area contributed by atoms with Crippen molar-refractivity contribution in [1.82, 2.24) is 0 Å². The topological polar surface area (TPSA) is 37.3 Å². The average molecular weight is 232 g/mol. The highest BCUT2D eigenvalue weighted by atomic mass is 16.4. The van der Waals surface area contributed by atoms with Gasteiger partial charge in [-0.25, -0.2) is 0 Å². The Morgan fingerprint density at radius 2 is 1.71 bits per heavy atom. The lowest BCUT2D eigenvalue weighted by atomic mass is 9.87. The van der Waals surface area contributed by atoms with Gasteiger partial charge in [-0.05, 0) is 28.9 Å². The summed E-state index contributed by atoms with van der Waals surface area (Å²) < 4.78 is 0. The molecule has 1 aromatic rings. The fraction of sp³-hybridized carbons (Fsp3) is 0.533. The number of hydrogen-bond donors (Lipinski definition) is 1. The van der Waals surface area contributed by atoms with Crippen molar-refractivity contribution in [2.24, 2.45) is 5.41 Å². The standard InChI is InChI=1S/C15H20O2/c1-10(2)11-5-7-12(8-6-11)15(13(16)17)9-14(15,3)4/h5-8,10H,9H2,1-4H3,(H,16,17). The maximum absolute atomic E-state index is 11.5. The number of carboxylic acid groups (broad SMARTS) is 1. The van der Waals surface area contributed by atoms with Crippen LogP contribution in [0.5, 0.6) is 0 Å². The minimum Gasteiger partial charge on any atom is -0.481 e. The van der Waals surface area contributed by atoms with Gasteiger partial charge < -0.3 is 5.11 Å². The summed E-state index contributed by atoms with van der Waals surface area (Å²) in [4.78, 5) is 11.5. The molecule has 0 heterocycles. The smallest absolute Gasteiger partial charge is 0.314 e. The minimum atomic E-state index is -0.695. The van der Waals surface area contributed by atoms with Gasteiger partial charge in [0.05, 0.1) is 5.41 Å². The molecule has 2 rings (SSSR count). The zero-order valence-electron chi connectivity index (χ0n) is 10.9. The molecule has 0 amide bonds. The predicted molar refractivity (Wildman–Crippen MR) is 68.2 cm³/mol. The van der Waals surface area contributed by atoms with E-state index in [9.17, 15) is 9.90 Å². The first-order valence-electron chi connectivity index (χ1n) is 6.15. The van der Waals surface area contributed by atoms with Crippen molar-refractivity contribution >= 4 is 5.97 Å². The zero-order chi connectivity index (χ0) is 12.8. The van der Waals surface area contributed by atoms with E-state index in [4.69, 9.17) is 0 Å². The lowest BCUT2D eigenvalue weighted by Crippen LogP contribution is -2.25. The zero-order valence-corrected chi connectivity index (χ0v) is 10.9. The molecule has 0 bridgehead atoms. The van der Waals surface area contributed by atoms with Crippen LogP contribution >= 0.6 is 0 Å². The normalized spacial score (nSPS) is 25.9. The Balaban J connectivity index is 2.38. The second-order valence-corrected chi connectivity index (χ2v) is 6.05. The van der Waals surface area contributed by atoms with Crippen LogP contribution in [0.15, 0.2) is 24.3 Å². The van der Waals surface area contributed by atoms with E-state index in [0.717, 1.165) is 12.0 Å². The molecule has 17 heavy (non-hydrogen) atoms. The van der Waals surface area contributed by atoms with E-state index in [2.05, 4.69) is 26.0 Å². The van der Waals surface area contributed by atoms with Crippen LogP contribution < -0.4 is 0 Å². The molecule has 2 heteroatoms. The number of hydrogen-bond acceptors (Lipinski definition) is 1. The summed E-state index contributed by atoms with van der Waals surface area (Å²) in [5.74, 6) is -0.211. The number of rotatable bonds is 3. The molecule has 1 atom stereocenters. The lowest BCUT2D eigenvalue weighted by Gasteiger charge is -2.17. The fourth-order valence-electron chi connectivity index (χ4n) is 2.75. The third-order valence-electron chi connectivity index (χ3n) is 4.17. The average Bonchev–Trinajstić information content (AvgIpc) is 2.83. The maximum Gasteiger partial charge on any atom is 0.314 e.